The zero-order chi connectivity index (χ0) is 22.6. The number of rotatable bonds is 5. The second-order valence-corrected chi connectivity index (χ2v) is 7.71. The van der Waals surface area contributed by atoms with Crippen molar-refractivity contribution in [1.82, 2.24) is 4.98 Å². The van der Waals surface area contributed by atoms with Crippen LogP contribution in [0.25, 0.3) is 22.2 Å². The molecule has 4 heteroatoms. The highest BCUT2D eigenvalue weighted by Crippen LogP contribution is 2.28. The summed E-state index contributed by atoms with van der Waals surface area (Å²) in [6.45, 7) is 2.04. The molecule has 33 heavy (non-hydrogen) atoms. The highest BCUT2D eigenvalue weighted by molar-refractivity contribution is 6.05. The standard InChI is InChI=1S/C29H21NO3/c1-20-11-13-21(14-12-20)28-19-26(25-9-5-6-10-27(25)30-28)29(31)33-24-17-15-23(16-18-24)32-22-7-3-2-4-8-22/h2-19H,1H3. The van der Waals surface area contributed by atoms with Crippen molar-refractivity contribution in [3.63, 3.8) is 0 Å². The number of esters is 1. The van der Waals surface area contributed by atoms with E-state index in [4.69, 9.17) is 14.5 Å². The number of aryl methyl sites for hydroxylation is 1. The van der Waals surface area contributed by atoms with Crippen molar-refractivity contribution in [3.05, 3.63) is 120 Å². The molecular weight excluding hydrogens is 410 g/mol. The Hall–Kier alpha value is -4.44. The van der Waals surface area contributed by atoms with Crippen LogP contribution in [0.5, 0.6) is 17.2 Å². The number of carbonyl (C=O) groups is 1. The van der Waals surface area contributed by atoms with E-state index >= 15 is 0 Å². The Bertz CT molecular complexity index is 1410. The Morgan fingerprint density at radius 2 is 1.33 bits per heavy atom. The number of para-hydroxylation sites is 2. The Morgan fingerprint density at radius 1 is 0.697 bits per heavy atom. The van der Waals surface area contributed by atoms with Gasteiger partial charge in [-0.2, -0.15) is 0 Å². The molecule has 5 rings (SSSR count). The number of carbonyl (C=O) groups excluding carboxylic acids is 1. The van der Waals surface area contributed by atoms with Crippen molar-refractivity contribution in [3.8, 4) is 28.5 Å². The SMILES string of the molecule is Cc1ccc(-c2cc(C(=O)Oc3ccc(Oc4ccccc4)cc3)c3ccccc3n2)cc1. The molecule has 5 aromatic rings. The molecule has 0 N–H and O–H groups in total. The van der Waals surface area contributed by atoms with E-state index in [1.54, 1.807) is 30.3 Å². The second kappa shape index (κ2) is 8.97. The van der Waals surface area contributed by atoms with Gasteiger partial charge in [0.05, 0.1) is 16.8 Å². The second-order valence-electron chi connectivity index (χ2n) is 7.71. The number of fused-ring (bicyclic) bond motifs is 1. The normalized spacial score (nSPS) is 10.7. The van der Waals surface area contributed by atoms with Gasteiger partial charge in [-0.05, 0) is 55.5 Å². The van der Waals surface area contributed by atoms with Gasteiger partial charge in [0.2, 0.25) is 0 Å². The lowest BCUT2D eigenvalue weighted by Crippen LogP contribution is -2.10. The van der Waals surface area contributed by atoms with E-state index in [9.17, 15) is 4.79 Å². The zero-order valence-electron chi connectivity index (χ0n) is 18.1. The van der Waals surface area contributed by atoms with Crippen LogP contribution < -0.4 is 9.47 Å². The van der Waals surface area contributed by atoms with Gasteiger partial charge in [-0.1, -0.05) is 66.2 Å². The van der Waals surface area contributed by atoms with Gasteiger partial charge in [0, 0.05) is 10.9 Å². The number of ether oxygens (including phenoxy) is 2. The van der Waals surface area contributed by atoms with E-state index in [1.165, 1.54) is 5.56 Å². The average molecular weight is 431 g/mol. The van der Waals surface area contributed by atoms with E-state index in [0.29, 0.717) is 17.1 Å². The van der Waals surface area contributed by atoms with Crippen LogP contribution in [0.2, 0.25) is 0 Å². The molecular formula is C29H21NO3. The Kier molecular flexibility index (Phi) is 5.56. The highest BCUT2D eigenvalue weighted by atomic mass is 16.5. The monoisotopic (exact) mass is 431 g/mol. The maximum absolute atomic E-state index is 13.2. The number of hydrogen-bond acceptors (Lipinski definition) is 4. The minimum absolute atomic E-state index is 0.432. The summed E-state index contributed by atoms with van der Waals surface area (Å²) in [5, 5.41) is 0.752. The van der Waals surface area contributed by atoms with E-state index < -0.39 is 5.97 Å². The van der Waals surface area contributed by atoms with Crippen LogP contribution in [-0.4, -0.2) is 11.0 Å². The van der Waals surface area contributed by atoms with Gasteiger partial charge in [0.1, 0.15) is 17.2 Å². The van der Waals surface area contributed by atoms with Gasteiger partial charge in [0.25, 0.3) is 0 Å². The van der Waals surface area contributed by atoms with E-state index in [2.05, 4.69) is 0 Å². The summed E-state index contributed by atoms with van der Waals surface area (Å²) in [6.07, 6.45) is 0. The van der Waals surface area contributed by atoms with Crippen LogP contribution in [-0.2, 0) is 0 Å². The minimum Gasteiger partial charge on any atom is -0.457 e. The molecule has 1 heterocycles. The molecule has 0 saturated carbocycles. The molecule has 0 aliphatic carbocycles. The maximum Gasteiger partial charge on any atom is 0.344 e. The first-order chi connectivity index (χ1) is 16.2. The van der Waals surface area contributed by atoms with E-state index in [1.807, 2.05) is 85.8 Å². The third kappa shape index (κ3) is 4.60. The highest BCUT2D eigenvalue weighted by Gasteiger charge is 2.16. The fourth-order valence-corrected chi connectivity index (χ4v) is 3.58. The van der Waals surface area contributed by atoms with Crippen LogP contribution in [0.4, 0.5) is 0 Å². The lowest BCUT2D eigenvalue weighted by molar-refractivity contribution is 0.0736. The molecule has 0 radical (unpaired) electrons. The maximum atomic E-state index is 13.2. The van der Waals surface area contributed by atoms with Crippen molar-refractivity contribution in [2.45, 2.75) is 6.92 Å². The summed E-state index contributed by atoms with van der Waals surface area (Å²) in [5.74, 6) is 1.42. The molecule has 4 aromatic carbocycles. The van der Waals surface area contributed by atoms with E-state index in [0.717, 1.165) is 27.9 Å². The summed E-state index contributed by atoms with van der Waals surface area (Å²) >= 11 is 0. The number of nitrogens with zero attached hydrogens (tertiary/aromatic N) is 1. The van der Waals surface area contributed by atoms with Gasteiger partial charge < -0.3 is 9.47 Å². The largest absolute Gasteiger partial charge is 0.457 e. The van der Waals surface area contributed by atoms with Gasteiger partial charge in [-0.3, -0.25) is 0 Å². The topological polar surface area (TPSA) is 48.4 Å². The first kappa shape index (κ1) is 20.5. The third-order valence-electron chi connectivity index (χ3n) is 5.30. The van der Waals surface area contributed by atoms with Crippen molar-refractivity contribution < 1.29 is 14.3 Å². The van der Waals surface area contributed by atoms with E-state index in [-0.39, 0.29) is 0 Å². The molecule has 0 aliphatic heterocycles. The van der Waals surface area contributed by atoms with Crippen LogP contribution in [0.15, 0.2) is 109 Å². The summed E-state index contributed by atoms with van der Waals surface area (Å²) in [5.41, 5.74) is 4.06. The molecule has 0 spiro atoms. The molecule has 1 aromatic heterocycles. The minimum atomic E-state index is -0.432. The number of benzene rings is 4. The van der Waals surface area contributed by atoms with Crippen molar-refractivity contribution in [1.29, 1.82) is 0 Å². The lowest BCUT2D eigenvalue weighted by atomic mass is 10.0. The number of hydrogen-bond donors (Lipinski definition) is 0. The molecule has 0 bridgehead atoms. The van der Waals surface area contributed by atoms with Gasteiger partial charge >= 0.3 is 5.97 Å². The Labute approximate surface area is 192 Å². The van der Waals surface area contributed by atoms with Crippen molar-refractivity contribution in [2.75, 3.05) is 0 Å². The summed E-state index contributed by atoms with van der Waals surface area (Å²) < 4.78 is 11.5. The number of pyridine rings is 1. The van der Waals surface area contributed by atoms with Gasteiger partial charge in [-0.15, -0.1) is 0 Å². The predicted molar refractivity (Wildman–Crippen MR) is 130 cm³/mol. The summed E-state index contributed by atoms with van der Waals surface area (Å²) in [4.78, 5) is 17.9. The first-order valence-electron chi connectivity index (χ1n) is 10.7. The van der Waals surface area contributed by atoms with Gasteiger partial charge in [0.15, 0.2) is 0 Å². The molecule has 0 aliphatic rings. The van der Waals surface area contributed by atoms with Crippen molar-refractivity contribution in [2.24, 2.45) is 0 Å². The number of aromatic nitrogens is 1. The zero-order valence-corrected chi connectivity index (χ0v) is 18.1. The average Bonchev–Trinajstić information content (AvgIpc) is 2.85. The molecule has 160 valence electrons. The molecule has 0 fully saturated rings. The molecule has 0 saturated heterocycles. The Morgan fingerprint density at radius 3 is 2.09 bits per heavy atom. The quantitative estimate of drug-likeness (QED) is 0.218. The van der Waals surface area contributed by atoms with Crippen LogP contribution in [0, 0.1) is 6.92 Å². The van der Waals surface area contributed by atoms with Crippen LogP contribution in [0.1, 0.15) is 15.9 Å². The van der Waals surface area contributed by atoms with Crippen molar-refractivity contribution >= 4 is 16.9 Å². The molecule has 0 amide bonds. The summed E-state index contributed by atoms with van der Waals surface area (Å²) in [6, 6.07) is 34.0. The predicted octanol–water partition coefficient (Wildman–Crippen LogP) is 7.22. The third-order valence-corrected chi connectivity index (χ3v) is 5.30. The van der Waals surface area contributed by atoms with Crippen LogP contribution >= 0.6 is 0 Å². The Balaban J connectivity index is 1.42. The van der Waals surface area contributed by atoms with Gasteiger partial charge in [-0.25, -0.2) is 9.78 Å². The molecule has 4 nitrogen and oxygen atoms in total. The summed E-state index contributed by atoms with van der Waals surface area (Å²) in [7, 11) is 0. The molecule has 0 unspecified atom stereocenters. The smallest absolute Gasteiger partial charge is 0.344 e. The first-order valence-corrected chi connectivity index (χ1v) is 10.7. The fraction of sp³-hybridized carbons (Fsp3) is 0.0345. The van der Waals surface area contributed by atoms with Crippen LogP contribution in [0.3, 0.4) is 0 Å². The fourth-order valence-electron chi connectivity index (χ4n) is 3.58. The molecule has 0 atom stereocenters. The lowest BCUT2D eigenvalue weighted by Gasteiger charge is -2.11.